The zero-order valence-electron chi connectivity index (χ0n) is 9.75. The van der Waals surface area contributed by atoms with Crippen LogP contribution >= 0.6 is 15.9 Å². The van der Waals surface area contributed by atoms with E-state index >= 15 is 0 Å². The number of benzene rings is 2. The summed E-state index contributed by atoms with van der Waals surface area (Å²) < 4.78 is 27.3. The highest BCUT2D eigenvalue weighted by Gasteiger charge is 2.16. The molecule has 4 heteroatoms. The smallest absolute Gasteiger partial charge is 0.137 e. The first-order chi connectivity index (χ1) is 8.49. The summed E-state index contributed by atoms with van der Waals surface area (Å²) in [5, 5.41) is 0. The van der Waals surface area contributed by atoms with Crippen molar-refractivity contribution in [1.82, 2.24) is 0 Å². The molecule has 0 aliphatic rings. The van der Waals surface area contributed by atoms with E-state index in [0.717, 1.165) is 23.3 Å². The fourth-order valence-corrected chi connectivity index (χ4v) is 2.05. The first-order valence-corrected chi connectivity index (χ1v) is 6.25. The lowest BCUT2D eigenvalue weighted by Crippen LogP contribution is -2.14. The molecule has 18 heavy (non-hydrogen) atoms. The van der Waals surface area contributed by atoms with Gasteiger partial charge in [-0.05, 0) is 40.5 Å². The van der Waals surface area contributed by atoms with Crippen LogP contribution in [0.25, 0.3) is 0 Å². The van der Waals surface area contributed by atoms with E-state index in [1.165, 1.54) is 0 Å². The van der Waals surface area contributed by atoms with Gasteiger partial charge in [-0.25, -0.2) is 8.78 Å². The van der Waals surface area contributed by atoms with Crippen LogP contribution in [0.15, 0.2) is 40.9 Å². The summed E-state index contributed by atoms with van der Waals surface area (Å²) in [6, 6.07) is 8.97. The Bertz CT molecular complexity index is 567. The van der Waals surface area contributed by atoms with Crippen molar-refractivity contribution in [2.45, 2.75) is 13.0 Å². The van der Waals surface area contributed by atoms with Crippen LogP contribution in [0.2, 0.25) is 0 Å². The largest absolute Gasteiger partial charge is 0.320 e. The van der Waals surface area contributed by atoms with E-state index in [1.54, 1.807) is 0 Å². The van der Waals surface area contributed by atoms with E-state index in [4.69, 9.17) is 5.73 Å². The highest BCUT2D eigenvalue weighted by Crippen LogP contribution is 2.27. The summed E-state index contributed by atoms with van der Waals surface area (Å²) in [5.41, 5.74) is 7.96. The highest BCUT2D eigenvalue weighted by atomic mass is 79.9. The lowest BCUT2D eigenvalue weighted by atomic mass is 9.98. The summed E-state index contributed by atoms with van der Waals surface area (Å²) in [5.74, 6) is -1.04. The maximum Gasteiger partial charge on any atom is 0.137 e. The van der Waals surface area contributed by atoms with Crippen molar-refractivity contribution in [3.8, 4) is 0 Å². The van der Waals surface area contributed by atoms with E-state index in [9.17, 15) is 8.78 Å². The molecule has 0 radical (unpaired) electrons. The minimum atomic E-state index is -0.673. The molecule has 0 fully saturated rings. The molecule has 0 saturated heterocycles. The second-order valence-corrected chi connectivity index (χ2v) is 5.03. The van der Waals surface area contributed by atoms with Gasteiger partial charge in [-0.2, -0.15) is 0 Å². The van der Waals surface area contributed by atoms with Gasteiger partial charge in [-0.1, -0.05) is 29.8 Å². The van der Waals surface area contributed by atoms with Crippen LogP contribution in [-0.4, -0.2) is 0 Å². The maximum atomic E-state index is 13.8. The summed E-state index contributed by atoms with van der Waals surface area (Å²) in [6.45, 7) is 1.95. The Labute approximate surface area is 113 Å². The van der Waals surface area contributed by atoms with Gasteiger partial charge in [0.2, 0.25) is 0 Å². The van der Waals surface area contributed by atoms with Crippen LogP contribution in [0, 0.1) is 18.6 Å². The molecule has 1 atom stereocenters. The predicted octanol–water partition coefficient (Wildman–Crippen LogP) is 4.08. The van der Waals surface area contributed by atoms with Gasteiger partial charge < -0.3 is 5.73 Å². The number of hydrogen-bond donors (Lipinski definition) is 1. The van der Waals surface area contributed by atoms with Crippen molar-refractivity contribution in [1.29, 1.82) is 0 Å². The number of hydrogen-bond acceptors (Lipinski definition) is 1. The molecule has 2 aromatic rings. The summed E-state index contributed by atoms with van der Waals surface area (Å²) in [6.07, 6.45) is 0. The fourth-order valence-electron chi connectivity index (χ4n) is 1.73. The molecule has 0 heterocycles. The van der Waals surface area contributed by atoms with E-state index in [0.29, 0.717) is 0 Å². The SMILES string of the molecule is Cc1ccc(C(N)c2cc(F)c(Br)cc2F)cc1. The second-order valence-electron chi connectivity index (χ2n) is 4.18. The number of aryl methyl sites for hydroxylation is 1. The Morgan fingerprint density at radius 1 is 1.06 bits per heavy atom. The van der Waals surface area contributed by atoms with Gasteiger partial charge in [0.25, 0.3) is 0 Å². The van der Waals surface area contributed by atoms with Crippen molar-refractivity contribution in [2.75, 3.05) is 0 Å². The van der Waals surface area contributed by atoms with Gasteiger partial charge in [0.1, 0.15) is 11.6 Å². The van der Waals surface area contributed by atoms with Gasteiger partial charge >= 0.3 is 0 Å². The van der Waals surface area contributed by atoms with E-state index in [1.807, 2.05) is 31.2 Å². The van der Waals surface area contributed by atoms with E-state index in [-0.39, 0.29) is 10.0 Å². The monoisotopic (exact) mass is 311 g/mol. The Kier molecular flexibility index (Phi) is 3.78. The van der Waals surface area contributed by atoms with E-state index < -0.39 is 17.7 Å². The molecule has 0 saturated carbocycles. The second kappa shape index (κ2) is 5.16. The quantitative estimate of drug-likeness (QED) is 0.831. The molecular weight excluding hydrogens is 300 g/mol. The third kappa shape index (κ3) is 2.60. The van der Waals surface area contributed by atoms with Crippen LogP contribution in [0.3, 0.4) is 0 Å². The first-order valence-electron chi connectivity index (χ1n) is 5.45. The molecule has 0 aliphatic carbocycles. The normalized spacial score (nSPS) is 12.5. The molecule has 2 rings (SSSR count). The standard InChI is InChI=1S/C14H12BrF2N/c1-8-2-4-9(5-3-8)14(18)10-6-13(17)11(15)7-12(10)16/h2-7,14H,18H2,1H3. The lowest BCUT2D eigenvalue weighted by Gasteiger charge is -2.14. The lowest BCUT2D eigenvalue weighted by molar-refractivity contribution is 0.572. The average Bonchev–Trinajstić information content (AvgIpc) is 2.34. The van der Waals surface area contributed by atoms with Crippen LogP contribution in [-0.2, 0) is 0 Å². The summed E-state index contributed by atoms with van der Waals surface area (Å²) >= 11 is 2.94. The van der Waals surface area contributed by atoms with Crippen molar-refractivity contribution in [3.05, 3.63) is 69.2 Å². The molecule has 0 aliphatic heterocycles. The molecule has 0 amide bonds. The van der Waals surface area contributed by atoms with Gasteiger partial charge in [-0.3, -0.25) is 0 Å². The molecule has 2 aromatic carbocycles. The van der Waals surface area contributed by atoms with Crippen LogP contribution in [0.1, 0.15) is 22.7 Å². The molecule has 94 valence electrons. The van der Waals surface area contributed by atoms with Crippen LogP contribution in [0.4, 0.5) is 8.78 Å². The number of nitrogens with two attached hydrogens (primary N) is 1. The molecule has 0 spiro atoms. The van der Waals surface area contributed by atoms with Gasteiger partial charge in [0.15, 0.2) is 0 Å². The van der Waals surface area contributed by atoms with Crippen LogP contribution < -0.4 is 5.73 Å². The highest BCUT2D eigenvalue weighted by molar-refractivity contribution is 9.10. The zero-order valence-corrected chi connectivity index (χ0v) is 11.3. The Balaban J connectivity index is 2.42. The third-order valence-corrected chi connectivity index (χ3v) is 3.42. The van der Waals surface area contributed by atoms with Gasteiger partial charge in [0, 0.05) is 5.56 Å². The molecule has 2 N–H and O–H groups in total. The predicted molar refractivity (Wildman–Crippen MR) is 71.3 cm³/mol. The number of halogens is 3. The van der Waals surface area contributed by atoms with Crippen LogP contribution in [0.5, 0.6) is 0 Å². The van der Waals surface area contributed by atoms with E-state index in [2.05, 4.69) is 15.9 Å². The maximum absolute atomic E-state index is 13.8. The Morgan fingerprint density at radius 3 is 2.28 bits per heavy atom. The fraction of sp³-hybridized carbons (Fsp3) is 0.143. The molecule has 0 bridgehead atoms. The topological polar surface area (TPSA) is 26.0 Å². The molecule has 1 unspecified atom stereocenters. The van der Waals surface area contributed by atoms with Crippen molar-refractivity contribution >= 4 is 15.9 Å². The van der Waals surface area contributed by atoms with Crippen molar-refractivity contribution < 1.29 is 8.78 Å². The number of rotatable bonds is 2. The van der Waals surface area contributed by atoms with Crippen molar-refractivity contribution in [3.63, 3.8) is 0 Å². The first kappa shape index (κ1) is 13.2. The molecule has 0 aromatic heterocycles. The molecule has 1 nitrogen and oxygen atoms in total. The van der Waals surface area contributed by atoms with Crippen molar-refractivity contribution in [2.24, 2.45) is 5.73 Å². The minimum Gasteiger partial charge on any atom is -0.320 e. The zero-order chi connectivity index (χ0) is 13.3. The minimum absolute atomic E-state index is 0.0971. The Morgan fingerprint density at radius 2 is 1.67 bits per heavy atom. The molecular formula is C14H12BrF2N. The summed E-state index contributed by atoms with van der Waals surface area (Å²) in [7, 11) is 0. The average molecular weight is 312 g/mol. The van der Waals surface area contributed by atoms with Gasteiger partial charge in [-0.15, -0.1) is 0 Å². The summed E-state index contributed by atoms with van der Waals surface area (Å²) in [4.78, 5) is 0. The Hall–Kier alpha value is -1.26. The van der Waals surface area contributed by atoms with Gasteiger partial charge in [0.05, 0.1) is 10.5 Å². The third-order valence-electron chi connectivity index (χ3n) is 2.81.